The van der Waals surface area contributed by atoms with Gasteiger partial charge in [-0.25, -0.2) is 9.13 Å². The average Bonchev–Trinajstić information content (AvgIpc) is 0.953. The number of aliphatic hydroxyl groups excluding tert-OH is 1. The fraction of sp³-hybridized carbons (Fsp3) is 0.949. The number of ether oxygens (including phenoxy) is 4. The van der Waals surface area contributed by atoms with E-state index in [-0.39, 0.29) is 25.7 Å². The van der Waals surface area contributed by atoms with Crippen molar-refractivity contribution in [2.45, 2.75) is 432 Å². The molecule has 0 bridgehead atoms. The summed E-state index contributed by atoms with van der Waals surface area (Å²) in [6.07, 6.45) is 59.8. The minimum Gasteiger partial charge on any atom is -0.462 e. The van der Waals surface area contributed by atoms with Crippen LogP contribution in [0.1, 0.15) is 414 Å². The molecule has 0 saturated carbocycles. The van der Waals surface area contributed by atoms with Gasteiger partial charge in [0.25, 0.3) is 0 Å². The summed E-state index contributed by atoms with van der Waals surface area (Å²) in [5, 5.41) is 10.6. The van der Waals surface area contributed by atoms with Crippen molar-refractivity contribution in [2.75, 3.05) is 39.6 Å². The molecule has 0 amide bonds. The van der Waals surface area contributed by atoms with Gasteiger partial charge < -0.3 is 33.8 Å². The molecule has 3 unspecified atom stereocenters. The lowest BCUT2D eigenvalue weighted by Crippen LogP contribution is -2.30. The van der Waals surface area contributed by atoms with E-state index in [0.717, 1.165) is 108 Å². The molecule has 0 aliphatic rings. The lowest BCUT2D eigenvalue weighted by atomic mass is 10.00. The fourth-order valence-electron chi connectivity index (χ4n) is 12.2. The van der Waals surface area contributed by atoms with Crippen molar-refractivity contribution < 1.29 is 80.2 Å². The molecule has 0 aromatic rings. The third-order valence-corrected chi connectivity index (χ3v) is 20.7. The molecule has 0 saturated heterocycles. The summed E-state index contributed by atoms with van der Waals surface area (Å²) in [5.41, 5.74) is 0. The van der Waals surface area contributed by atoms with Crippen LogP contribution in [-0.2, 0) is 65.4 Å². The fourth-order valence-corrected chi connectivity index (χ4v) is 13.7. The maximum Gasteiger partial charge on any atom is 0.472 e. The highest BCUT2D eigenvalue weighted by molar-refractivity contribution is 7.47. The van der Waals surface area contributed by atoms with Crippen LogP contribution < -0.4 is 0 Å². The molecule has 0 radical (unpaired) electrons. The summed E-state index contributed by atoms with van der Waals surface area (Å²) in [6.45, 7) is 9.55. The minimum absolute atomic E-state index is 0.105. The molecule has 98 heavy (non-hydrogen) atoms. The predicted molar refractivity (Wildman–Crippen MR) is 400 cm³/mol. The summed E-state index contributed by atoms with van der Waals surface area (Å²) in [7, 11) is -9.92. The highest BCUT2D eigenvalue weighted by Crippen LogP contribution is 2.45. The second kappa shape index (κ2) is 70.7. The van der Waals surface area contributed by atoms with Gasteiger partial charge in [-0.1, -0.05) is 363 Å². The van der Waals surface area contributed by atoms with E-state index in [9.17, 15) is 43.2 Å². The molecular weight excluding hydrogens is 1280 g/mol. The van der Waals surface area contributed by atoms with Crippen molar-refractivity contribution in [1.29, 1.82) is 0 Å². The zero-order valence-electron chi connectivity index (χ0n) is 64.1. The SMILES string of the molecule is CCCCCCCCCCCCCCCCCCCCCCC(=O)O[C@H](COC(=O)CCCCCCCCCCCCCCCCCC)COP(=O)(O)OC[C@@H](O)COP(=O)(O)OC[C@@H](COC(=O)CCCCCCCCC(C)CC)OC(=O)CCCCCCCCCCCC(C)C. The van der Waals surface area contributed by atoms with Gasteiger partial charge in [-0.15, -0.1) is 0 Å². The minimum atomic E-state index is -4.96. The molecule has 0 spiro atoms. The van der Waals surface area contributed by atoms with E-state index in [4.69, 9.17) is 37.0 Å². The van der Waals surface area contributed by atoms with Crippen molar-refractivity contribution in [3.05, 3.63) is 0 Å². The van der Waals surface area contributed by atoms with E-state index in [1.807, 2.05) is 0 Å². The van der Waals surface area contributed by atoms with Gasteiger partial charge in [0.1, 0.15) is 19.3 Å². The van der Waals surface area contributed by atoms with Gasteiger partial charge >= 0.3 is 39.5 Å². The number of phosphoric acid groups is 2. The third kappa shape index (κ3) is 71.1. The van der Waals surface area contributed by atoms with Crippen LogP contribution in [0, 0.1) is 11.8 Å². The van der Waals surface area contributed by atoms with Crippen LogP contribution in [0.15, 0.2) is 0 Å². The maximum absolute atomic E-state index is 13.1. The van der Waals surface area contributed by atoms with Gasteiger partial charge in [0.2, 0.25) is 0 Å². The largest absolute Gasteiger partial charge is 0.472 e. The first-order valence-electron chi connectivity index (χ1n) is 41.0. The summed E-state index contributed by atoms with van der Waals surface area (Å²) < 4.78 is 68.6. The van der Waals surface area contributed by atoms with Crippen LogP contribution in [0.5, 0.6) is 0 Å². The Labute approximate surface area is 600 Å². The molecule has 0 aliphatic carbocycles. The van der Waals surface area contributed by atoms with Crippen LogP contribution >= 0.6 is 15.6 Å². The van der Waals surface area contributed by atoms with E-state index >= 15 is 0 Å². The molecule has 19 heteroatoms. The molecule has 0 aromatic carbocycles. The Morgan fingerprint density at radius 3 is 0.776 bits per heavy atom. The average molecular weight is 1440 g/mol. The second-order valence-corrected chi connectivity index (χ2v) is 32.1. The number of phosphoric ester groups is 2. The summed E-state index contributed by atoms with van der Waals surface area (Å²) in [5.74, 6) is -0.646. The smallest absolute Gasteiger partial charge is 0.462 e. The van der Waals surface area contributed by atoms with E-state index in [2.05, 4.69) is 41.5 Å². The third-order valence-electron chi connectivity index (χ3n) is 18.8. The van der Waals surface area contributed by atoms with Crippen molar-refractivity contribution >= 4 is 39.5 Å². The zero-order valence-corrected chi connectivity index (χ0v) is 65.9. The van der Waals surface area contributed by atoms with Gasteiger partial charge in [0.15, 0.2) is 12.2 Å². The second-order valence-electron chi connectivity index (χ2n) is 29.2. The Morgan fingerprint density at radius 2 is 0.520 bits per heavy atom. The predicted octanol–water partition coefficient (Wildman–Crippen LogP) is 23.5. The molecule has 0 rings (SSSR count). The number of hydrogen-bond donors (Lipinski definition) is 3. The summed E-state index contributed by atoms with van der Waals surface area (Å²) in [4.78, 5) is 72.9. The number of rotatable bonds is 78. The van der Waals surface area contributed by atoms with Crippen molar-refractivity contribution in [2.24, 2.45) is 11.8 Å². The first-order valence-corrected chi connectivity index (χ1v) is 44.0. The molecule has 0 aliphatic heterocycles. The highest BCUT2D eigenvalue weighted by Gasteiger charge is 2.30. The number of esters is 4. The molecule has 0 heterocycles. The van der Waals surface area contributed by atoms with E-state index < -0.39 is 97.5 Å². The Morgan fingerprint density at radius 1 is 0.296 bits per heavy atom. The number of unbranched alkanes of at least 4 members (excludes halogenated alkanes) is 47. The van der Waals surface area contributed by atoms with Gasteiger partial charge in [0.05, 0.1) is 26.4 Å². The van der Waals surface area contributed by atoms with E-state index in [1.165, 1.54) is 225 Å². The number of carbonyl (C=O) groups excluding carboxylic acids is 4. The van der Waals surface area contributed by atoms with Crippen LogP contribution in [0.25, 0.3) is 0 Å². The molecule has 0 fully saturated rings. The standard InChI is InChI=1S/C79H154O17P2/c1-7-10-12-14-16-18-20-22-24-26-27-28-29-31-33-35-39-43-51-57-63-78(83)95-74(67-89-76(81)61-55-49-42-38-34-32-30-25-23-21-19-17-15-13-11-8-2)69-93-97(85,86)91-65-73(80)66-92-98(87,88)94-70-75(68-90-77(82)62-56-50-46-45-48-54-60-72(6)9-3)96-79(84)64-58-52-44-40-36-37-41-47-53-59-71(4)5/h71-75,80H,7-70H2,1-6H3,(H,85,86)(H,87,88)/t72?,73-,74-,75-/m1/s1. The van der Waals surface area contributed by atoms with E-state index in [0.29, 0.717) is 25.7 Å². The Hall–Kier alpha value is -1.94. The lowest BCUT2D eigenvalue weighted by molar-refractivity contribution is -0.161. The number of aliphatic hydroxyl groups is 1. The molecular formula is C79H154O17P2. The number of hydrogen-bond acceptors (Lipinski definition) is 15. The van der Waals surface area contributed by atoms with Crippen molar-refractivity contribution in [3.8, 4) is 0 Å². The van der Waals surface area contributed by atoms with Crippen molar-refractivity contribution in [3.63, 3.8) is 0 Å². The Bertz CT molecular complexity index is 1890. The summed E-state index contributed by atoms with van der Waals surface area (Å²) >= 11 is 0. The van der Waals surface area contributed by atoms with Crippen LogP contribution in [0.3, 0.4) is 0 Å². The monoisotopic (exact) mass is 1440 g/mol. The van der Waals surface area contributed by atoms with Crippen LogP contribution in [0.4, 0.5) is 0 Å². The topological polar surface area (TPSA) is 237 Å². The normalized spacial score (nSPS) is 14.2. The van der Waals surface area contributed by atoms with Crippen molar-refractivity contribution in [1.82, 2.24) is 0 Å². The maximum atomic E-state index is 13.1. The Kier molecular flexibility index (Phi) is 69.3. The van der Waals surface area contributed by atoms with Crippen LogP contribution in [0.2, 0.25) is 0 Å². The number of carbonyl (C=O) groups is 4. The first-order chi connectivity index (χ1) is 47.4. The van der Waals surface area contributed by atoms with Gasteiger partial charge in [0, 0.05) is 25.7 Å². The van der Waals surface area contributed by atoms with Crippen LogP contribution in [-0.4, -0.2) is 96.7 Å². The molecule has 17 nitrogen and oxygen atoms in total. The molecule has 582 valence electrons. The highest BCUT2D eigenvalue weighted by atomic mass is 31.2. The first kappa shape index (κ1) is 96.1. The molecule has 0 aromatic heterocycles. The lowest BCUT2D eigenvalue weighted by Gasteiger charge is -2.21. The van der Waals surface area contributed by atoms with Gasteiger partial charge in [-0.3, -0.25) is 37.3 Å². The van der Waals surface area contributed by atoms with E-state index in [1.54, 1.807) is 0 Å². The molecule has 3 N–H and O–H groups in total. The summed E-state index contributed by atoms with van der Waals surface area (Å²) in [6, 6.07) is 0. The van der Waals surface area contributed by atoms with Gasteiger partial charge in [-0.2, -0.15) is 0 Å². The Balaban J connectivity index is 5.23. The quantitative estimate of drug-likeness (QED) is 0.0222. The molecule has 6 atom stereocenters. The zero-order chi connectivity index (χ0) is 72.1. The van der Waals surface area contributed by atoms with Gasteiger partial charge in [-0.05, 0) is 37.5 Å².